The molecule has 0 saturated carbocycles. The van der Waals surface area contributed by atoms with Crippen LogP contribution in [0.15, 0.2) is 66.7 Å². The van der Waals surface area contributed by atoms with Gasteiger partial charge >= 0.3 is 0 Å². The second-order valence-corrected chi connectivity index (χ2v) is 6.61. The largest absolute Gasteiger partial charge is 0.508 e. The van der Waals surface area contributed by atoms with Gasteiger partial charge in [0.2, 0.25) is 0 Å². The van der Waals surface area contributed by atoms with Gasteiger partial charge in [-0.2, -0.15) is 0 Å². The molecular weight excluding hydrogens is 366 g/mol. The molecule has 6 nitrogen and oxygen atoms in total. The average Bonchev–Trinajstić information content (AvgIpc) is 2.74. The Morgan fingerprint density at radius 3 is 1.83 bits per heavy atom. The summed E-state index contributed by atoms with van der Waals surface area (Å²) in [5, 5.41) is 19.9. The molecule has 0 unspecified atom stereocenters. The minimum atomic E-state index is -0.131. The van der Waals surface area contributed by atoms with Crippen LogP contribution in [-0.2, 0) is 0 Å². The normalized spacial score (nSPS) is 10.7. The Morgan fingerprint density at radius 1 is 0.724 bits per heavy atom. The van der Waals surface area contributed by atoms with Crippen LogP contribution in [-0.4, -0.2) is 31.5 Å². The van der Waals surface area contributed by atoms with E-state index in [0.717, 1.165) is 17.4 Å². The van der Waals surface area contributed by atoms with Gasteiger partial charge < -0.3 is 10.2 Å². The number of benzene rings is 3. The van der Waals surface area contributed by atoms with E-state index in [1.54, 1.807) is 30.3 Å². The molecule has 6 heteroatoms. The van der Waals surface area contributed by atoms with Gasteiger partial charge in [0.25, 0.3) is 0 Å². The lowest BCUT2D eigenvalue weighted by molar-refractivity contribution is 0.112. The molecule has 1 heterocycles. The van der Waals surface area contributed by atoms with Crippen LogP contribution in [0.25, 0.3) is 34.2 Å². The van der Waals surface area contributed by atoms with Crippen molar-refractivity contribution in [1.82, 2.24) is 15.0 Å². The molecule has 0 aliphatic carbocycles. The molecule has 2 N–H and O–H groups in total. The third-order valence-electron chi connectivity index (χ3n) is 4.47. The summed E-state index contributed by atoms with van der Waals surface area (Å²) in [5.41, 5.74) is 3.57. The predicted molar refractivity (Wildman–Crippen MR) is 110 cm³/mol. The number of aryl methyl sites for hydroxylation is 1. The Labute approximate surface area is 167 Å². The molecule has 29 heavy (non-hydrogen) atoms. The maximum absolute atomic E-state index is 10.9. The van der Waals surface area contributed by atoms with Crippen molar-refractivity contribution in [1.29, 1.82) is 0 Å². The van der Waals surface area contributed by atoms with Gasteiger partial charge in [-0.1, -0.05) is 54.1 Å². The van der Waals surface area contributed by atoms with Gasteiger partial charge in [-0.25, -0.2) is 15.0 Å². The number of carbonyl (C=O) groups is 1. The maximum atomic E-state index is 10.9. The SMILES string of the molecule is Cc1ccc(-c2nc(-c3ccc(C=O)cc3)nc(-c3ccc(O)cc3O)n2)cc1. The molecule has 0 aliphatic rings. The lowest BCUT2D eigenvalue weighted by atomic mass is 10.1. The maximum Gasteiger partial charge on any atom is 0.167 e. The highest BCUT2D eigenvalue weighted by Crippen LogP contribution is 2.32. The van der Waals surface area contributed by atoms with Crippen molar-refractivity contribution in [2.75, 3.05) is 0 Å². The van der Waals surface area contributed by atoms with E-state index in [2.05, 4.69) is 15.0 Å². The van der Waals surface area contributed by atoms with Crippen molar-refractivity contribution >= 4 is 6.29 Å². The van der Waals surface area contributed by atoms with Crippen LogP contribution < -0.4 is 0 Å². The quantitative estimate of drug-likeness (QED) is 0.507. The number of carbonyl (C=O) groups excluding carboxylic acids is 1. The summed E-state index contributed by atoms with van der Waals surface area (Å²) in [6.45, 7) is 2.00. The Bertz CT molecular complexity index is 1190. The van der Waals surface area contributed by atoms with Crippen molar-refractivity contribution in [2.24, 2.45) is 0 Å². The van der Waals surface area contributed by atoms with Crippen LogP contribution in [0.3, 0.4) is 0 Å². The Hall–Kier alpha value is -4.06. The lowest BCUT2D eigenvalue weighted by Crippen LogP contribution is -2.00. The first-order valence-electron chi connectivity index (χ1n) is 8.94. The van der Waals surface area contributed by atoms with Gasteiger partial charge in [0, 0.05) is 22.8 Å². The fraction of sp³-hybridized carbons (Fsp3) is 0.0435. The first-order valence-corrected chi connectivity index (χ1v) is 8.94. The van der Waals surface area contributed by atoms with Gasteiger partial charge in [-0.3, -0.25) is 4.79 Å². The summed E-state index contributed by atoms with van der Waals surface area (Å²) in [7, 11) is 0. The smallest absolute Gasteiger partial charge is 0.167 e. The molecule has 0 amide bonds. The predicted octanol–water partition coefficient (Wildman–Crippen LogP) is 4.40. The van der Waals surface area contributed by atoms with E-state index in [1.807, 2.05) is 31.2 Å². The molecule has 0 bridgehead atoms. The van der Waals surface area contributed by atoms with E-state index >= 15 is 0 Å². The van der Waals surface area contributed by atoms with E-state index in [0.29, 0.717) is 28.3 Å². The fourth-order valence-corrected chi connectivity index (χ4v) is 2.88. The zero-order valence-corrected chi connectivity index (χ0v) is 15.6. The van der Waals surface area contributed by atoms with Crippen molar-refractivity contribution in [2.45, 2.75) is 6.92 Å². The second kappa shape index (κ2) is 7.52. The highest BCUT2D eigenvalue weighted by molar-refractivity contribution is 5.76. The summed E-state index contributed by atoms with van der Waals surface area (Å²) < 4.78 is 0. The van der Waals surface area contributed by atoms with Crippen molar-refractivity contribution < 1.29 is 15.0 Å². The number of hydrogen-bond acceptors (Lipinski definition) is 6. The monoisotopic (exact) mass is 383 g/mol. The molecule has 4 aromatic rings. The van der Waals surface area contributed by atoms with Crippen LogP contribution in [0.1, 0.15) is 15.9 Å². The number of nitrogens with zero attached hydrogens (tertiary/aromatic N) is 3. The van der Waals surface area contributed by atoms with Crippen molar-refractivity contribution in [3.63, 3.8) is 0 Å². The first kappa shape index (κ1) is 18.3. The van der Waals surface area contributed by atoms with Crippen LogP contribution in [0, 0.1) is 6.92 Å². The third-order valence-corrected chi connectivity index (χ3v) is 4.47. The van der Waals surface area contributed by atoms with Gasteiger partial charge in [0.15, 0.2) is 17.5 Å². The molecule has 0 spiro atoms. The zero-order valence-electron chi connectivity index (χ0n) is 15.6. The number of hydrogen-bond donors (Lipinski definition) is 2. The Morgan fingerprint density at radius 2 is 1.28 bits per heavy atom. The van der Waals surface area contributed by atoms with E-state index in [1.165, 1.54) is 12.1 Å². The number of aromatic nitrogens is 3. The van der Waals surface area contributed by atoms with Crippen LogP contribution in [0.2, 0.25) is 0 Å². The Kier molecular flexibility index (Phi) is 4.75. The molecule has 0 atom stereocenters. The highest BCUT2D eigenvalue weighted by atomic mass is 16.3. The molecule has 0 fully saturated rings. The number of aldehydes is 1. The Balaban J connectivity index is 1.91. The highest BCUT2D eigenvalue weighted by Gasteiger charge is 2.15. The second-order valence-electron chi connectivity index (χ2n) is 6.61. The van der Waals surface area contributed by atoms with Crippen molar-refractivity contribution in [3.05, 3.63) is 77.9 Å². The van der Waals surface area contributed by atoms with E-state index in [-0.39, 0.29) is 17.3 Å². The lowest BCUT2D eigenvalue weighted by Gasteiger charge is -2.10. The molecule has 4 rings (SSSR count). The minimum Gasteiger partial charge on any atom is -0.508 e. The molecule has 0 radical (unpaired) electrons. The molecule has 1 aromatic heterocycles. The summed E-state index contributed by atoms with van der Waals surface area (Å²) >= 11 is 0. The zero-order chi connectivity index (χ0) is 20.4. The van der Waals surface area contributed by atoms with Crippen LogP contribution >= 0.6 is 0 Å². The molecule has 3 aromatic carbocycles. The summed E-state index contributed by atoms with van der Waals surface area (Å²) in [5.74, 6) is 0.965. The van der Waals surface area contributed by atoms with Crippen molar-refractivity contribution in [3.8, 4) is 45.7 Å². The number of rotatable bonds is 4. The topological polar surface area (TPSA) is 96.2 Å². The minimum absolute atomic E-state index is 0.0521. The summed E-state index contributed by atoms with van der Waals surface area (Å²) in [6, 6.07) is 18.9. The van der Waals surface area contributed by atoms with Crippen LogP contribution in [0.4, 0.5) is 0 Å². The van der Waals surface area contributed by atoms with Gasteiger partial charge in [0.1, 0.15) is 17.8 Å². The summed E-state index contributed by atoms with van der Waals surface area (Å²) in [4.78, 5) is 24.6. The standard InChI is InChI=1S/C23H17N3O3/c1-14-2-6-16(7-3-14)21-24-22(17-8-4-15(13-27)5-9-17)26-23(25-21)19-11-10-18(28)12-20(19)29/h2-13,28-29H,1H3. The molecule has 142 valence electrons. The fourth-order valence-electron chi connectivity index (χ4n) is 2.88. The summed E-state index contributed by atoms with van der Waals surface area (Å²) in [6.07, 6.45) is 0.773. The third kappa shape index (κ3) is 3.82. The first-order chi connectivity index (χ1) is 14.0. The molecule has 0 saturated heterocycles. The van der Waals surface area contributed by atoms with Gasteiger partial charge in [-0.05, 0) is 19.1 Å². The molecular formula is C23H17N3O3. The molecule has 0 aliphatic heterocycles. The average molecular weight is 383 g/mol. The number of phenols is 2. The van der Waals surface area contributed by atoms with E-state index in [4.69, 9.17) is 0 Å². The van der Waals surface area contributed by atoms with E-state index < -0.39 is 0 Å². The van der Waals surface area contributed by atoms with Gasteiger partial charge in [0.05, 0.1) is 5.56 Å². The van der Waals surface area contributed by atoms with E-state index in [9.17, 15) is 15.0 Å². The van der Waals surface area contributed by atoms with Crippen LogP contribution in [0.5, 0.6) is 11.5 Å². The van der Waals surface area contributed by atoms with Gasteiger partial charge in [-0.15, -0.1) is 0 Å². The number of phenolic OH excluding ortho intramolecular Hbond substituents is 2. The number of aromatic hydroxyl groups is 2.